The van der Waals surface area contributed by atoms with E-state index in [9.17, 15) is 5.11 Å². The van der Waals surface area contributed by atoms with Crippen LogP contribution in [0.25, 0.3) is 11.5 Å². The van der Waals surface area contributed by atoms with Crippen molar-refractivity contribution >= 4 is 33.5 Å². The van der Waals surface area contributed by atoms with Crippen LogP contribution in [0.2, 0.25) is 0 Å². The molecule has 0 spiro atoms. The number of hydrogen-bond donors (Lipinski definition) is 1. The lowest BCUT2D eigenvalue weighted by Gasteiger charge is -2.16. The molecule has 0 atom stereocenters. The predicted molar refractivity (Wildman–Crippen MR) is 111 cm³/mol. The number of thiazole rings is 1. The Bertz CT molecular complexity index is 999. The number of benzene rings is 1. The van der Waals surface area contributed by atoms with Gasteiger partial charge in [0.15, 0.2) is 5.76 Å². The van der Waals surface area contributed by atoms with Crippen molar-refractivity contribution in [1.82, 2.24) is 4.68 Å². The number of phenols is 1. The molecular formula is C20H20BrN3O2S. The van der Waals surface area contributed by atoms with Crippen LogP contribution in [-0.4, -0.2) is 22.0 Å². The first-order chi connectivity index (χ1) is 13.2. The standard InChI is InChI=1S/C20H20BrN3O2S/c21-15-8-9-18(25)14(11-15)12-22-24-17(19-7-4-10-26-19)13-27-20(24)23-16-5-2-1-3-6-16/h4,7-13,16,25H,1-3,5-6H2. The zero-order chi connectivity index (χ0) is 18.6. The minimum Gasteiger partial charge on any atom is -0.507 e. The molecule has 0 bridgehead atoms. The normalized spacial score (nSPS) is 16.4. The van der Waals surface area contributed by atoms with E-state index in [4.69, 9.17) is 9.41 Å². The lowest BCUT2D eigenvalue weighted by Crippen LogP contribution is -2.18. The summed E-state index contributed by atoms with van der Waals surface area (Å²) in [5.41, 5.74) is 1.49. The second kappa shape index (κ2) is 8.27. The van der Waals surface area contributed by atoms with E-state index in [2.05, 4.69) is 21.0 Å². The molecule has 3 aromatic rings. The fourth-order valence-electron chi connectivity index (χ4n) is 3.21. The number of furan rings is 1. The van der Waals surface area contributed by atoms with Gasteiger partial charge >= 0.3 is 0 Å². The average molecular weight is 446 g/mol. The zero-order valence-electron chi connectivity index (χ0n) is 14.7. The fraction of sp³-hybridized carbons (Fsp3) is 0.300. The van der Waals surface area contributed by atoms with Crippen LogP contribution >= 0.6 is 27.3 Å². The van der Waals surface area contributed by atoms with Crippen molar-refractivity contribution in [1.29, 1.82) is 0 Å². The van der Waals surface area contributed by atoms with Gasteiger partial charge in [0, 0.05) is 15.4 Å². The summed E-state index contributed by atoms with van der Waals surface area (Å²) in [6.45, 7) is 0. The van der Waals surface area contributed by atoms with Gasteiger partial charge in [0.2, 0.25) is 4.80 Å². The average Bonchev–Trinajstić information content (AvgIpc) is 3.33. The monoisotopic (exact) mass is 445 g/mol. The van der Waals surface area contributed by atoms with Gasteiger partial charge in [0.1, 0.15) is 11.4 Å². The maximum Gasteiger partial charge on any atom is 0.206 e. The molecule has 7 heteroatoms. The van der Waals surface area contributed by atoms with Crippen LogP contribution in [0.3, 0.4) is 0 Å². The van der Waals surface area contributed by atoms with Gasteiger partial charge in [-0.3, -0.25) is 4.99 Å². The van der Waals surface area contributed by atoms with Crippen LogP contribution in [-0.2, 0) is 0 Å². The Labute approximate surface area is 169 Å². The van der Waals surface area contributed by atoms with E-state index >= 15 is 0 Å². The molecule has 1 N–H and O–H groups in total. The molecule has 1 fully saturated rings. The van der Waals surface area contributed by atoms with Gasteiger partial charge in [-0.2, -0.15) is 5.10 Å². The summed E-state index contributed by atoms with van der Waals surface area (Å²) in [5.74, 6) is 0.926. The van der Waals surface area contributed by atoms with Gasteiger partial charge in [0.25, 0.3) is 0 Å². The highest BCUT2D eigenvalue weighted by atomic mass is 79.9. The number of nitrogens with zero attached hydrogens (tertiary/aromatic N) is 3. The van der Waals surface area contributed by atoms with E-state index in [0.717, 1.165) is 33.6 Å². The van der Waals surface area contributed by atoms with Gasteiger partial charge in [0.05, 0.1) is 18.5 Å². The Balaban J connectivity index is 1.76. The maximum atomic E-state index is 10.1. The van der Waals surface area contributed by atoms with Crippen molar-refractivity contribution in [2.75, 3.05) is 0 Å². The Kier molecular flexibility index (Phi) is 5.59. The van der Waals surface area contributed by atoms with Gasteiger partial charge in [-0.25, -0.2) is 4.68 Å². The first-order valence-electron chi connectivity index (χ1n) is 9.02. The lowest BCUT2D eigenvalue weighted by atomic mass is 9.96. The number of phenolic OH excluding ortho intramolecular Hbond substituents is 1. The van der Waals surface area contributed by atoms with E-state index < -0.39 is 0 Å². The van der Waals surface area contributed by atoms with Crippen LogP contribution in [0, 0.1) is 0 Å². The molecule has 2 heterocycles. The van der Waals surface area contributed by atoms with E-state index in [1.54, 1.807) is 40.6 Å². The van der Waals surface area contributed by atoms with Crippen LogP contribution in [0.4, 0.5) is 0 Å². The van der Waals surface area contributed by atoms with Gasteiger partial charge < -0.3 is 9.52 Å². The summed E-state index contributed by atoms with van der Waals surface area (Å²) < 4.78 is 8.26. The van der Waals surface area contributed by atoms with Crippen LogP contribution in [0.5, 0.6) is 5.75 Å². The number of aromatic nitrogens is 1. The lowest BCUT2D eigenvalue weighted by molar-refractivity contribution is 0.435. The Morgan fingerprint density at radius 1 is 1.22 bits per heavy atom. The molecule has 0 aliphatic heterocycles. The molecule has 0 radical (unpaired) electrons. The minimum absolute atomic E-state index is 0.183. The van der Waals surface area contributed by atoms with E-state index in [1.165, 1.54) is 19.3 Å². The highest BCUT2D eigenvalue weighted by molar-refractivity contribution is 9.10. The van der Waals surface area contributed by atoms with Crippen molar-refractivity contribution in [2.24, 2.45) is 10.1 Å². The van der Waals surface area contributed by atoms with Crippen LogP contribution < -0.4 is 4.80 Å². The molecule has 27 heavy (non-hydrogen) atoms. The third-order valence-corrected chi connectivity index (χ3v) is 5.95. The minimum atomic E-state index is 0.183. The Hall–Kier alpha value is -2.12. The van der Waals surface area contributed by atoms with Crippen LogP contribution in [0.1, 0.15) is 37.7 Å². The highest BCUT2D eigenvalue weighted by Gasteiger charge is 2.15. The van der Waals surface area contributed by atoms with Gasteiger partial charge in [-0.05, 0) is 43.2 Å². The first kappa shape index (κ1) is 18.3. The summed E-state index contributed by atoms with van der Waals surface area (Å²) in [6, 6.07) is 9.39. The van der Waals surface area contributed by atoms with Crippen molar-refractivity contribution in [3.05, 3.63) is 56.8 Å². The third-order valence-electron chi connectivity index (χ3n) is 4.63. The van der Waals surface area contributed by atoms with E-state index in [0.29, 0.717) is 11.6 Å². The summed E-state index contributed by atoms with van der Waals surface area (Å²) in [7, 11) is 0. The van der Waals surface area contributed by atoms with Crippen molar-refractivity contribution < 1.29 is 9.52 Å². The third kappa shape index (κ3) is 4.25. The number of halogens is 1. The molecule has 1 aromatic carbocycles. The molecule has 2 aromatic heterocycles. The SMILES string of the molecule is Oc1ccc(Br)cc1C=Nn1c(-c2ccco2)csc1=NC1CCCCC1. The number of hydrogen-bond acceptors (Lipinski definition) is 5. The Morgan fingerprint density at radius 2 is 2.07 bits per heavy atom. The van der Waals surface area contributed by atoms with Crippen molar-refractivity contribution in [3.8, 4) is 17.2 Å². The van der Waals surface area contributed by atoms with Crippen LogP contribution in [0.15, 0.2) is 61.0 Å². The molecular weight excluding hydrogens is 426 g/mol. The summed E-state index contributed by atoms with van der Waals surface area (Å²) in [4.78, 5) is 5.80. The highest BCUT2D eigenvalue weighted by Crippen LogP contribution is 2.24. The molecule has 0 amide bonds. The topological polar surface area (TPSA) is 63.0 Å². The fourth-order valence-corrected chi connectivity index (χ4v) is 4.48. The molecule has 140 valence electrons. The quantitative estimate of drug-likeness (QED) is 0.546. The summed E-state index contributed by atoms with van der Waals surface area (Å²) in [5, 5.41) is 16.7. The van der Waals surface area contributed by atoms with Gasteiger partial charge in [-0.15, -0.1) is 11.3 Å². The zero-order valence-corrected chi connectivity index (χ0v) is 17.1. The second-order valence-corrected chi connectivity index (χ2v) is 8.31. The smallest absolute Gasteiger partial charge is 0.206 e. The molecule has 1 aliphatic rings. The first-order valence-corrected chi connectivity index (χ1v) is 10.7. The second-order valence-electron chi connectivity index (χ2n) is 6.56. The summed E-state index contributed by atoms with van der Waals surface area (Å²) >= 11 is 4.99. The molecule has 0 unspecified atom stereocenters. The maximum absolute atomic E-state index is 10.1. The van der Waals surface area contributed by atoms with E-state index in [1.807, 2.05) is 23.6 Å². The van der Waals surface area contributed by atoms with Crippen molar-refractivity contribution in [3.63, 3.8) is 0 Å². The Morgan fingerprint density at radius 3 is 2.85 bits per heavy atom. The molecule has 1 aliphatic carbocycles. The van der Waals surface area contributed by atoms with Crippen molar-refractivity contribution in [2.45, 2.75) is 38.1 Å². The largest absolute Gasteiger partial charge is 0.507 e. The predicted octanol–water partition coefficient (Wildman–Crippen LogP) is 5.39. The number of aromatic hydroxyl groups is 1. The molecule has 1 saturated carbocycles. The van der Waals surface area contributed by atoms with Gasteiger partial charge in [-0.1, -0.05) is 35.2 Å². The molecule has 0 saturated heterocycles. The molecule has 4 rings (SSSR count). The van der Waals surface area contributed by atoms with E-state index in [-0.39, 0.29) is 5.75 Å². The molecule has 5 nitrogen and oxygen atoms in total. The number of rotatable bonds is 4. The summed E-state index contributed by atoms with van der Waals surface area (Å²) in [6.07, 6.45) is 9.33.